The number of carbonyl (C=O) groups is 2. The second-order valence-corrected chi connectivity index (χ2v) is 6.83. The molecule has 2 N–H and O–H groups in total. The molecule has 3 aromatic rings. The second kappa shape index (κ2) is 7.21. The fraction of sp³-hybridized carbons (Fsp3) is 0.438. The number of tetrazole rings is 1. The van der Waals surface area contributed by atoms with Crippen molar-refractivity contribution in [1.82, 2.24) is 50.4 Å². The van der Waals surface area contributed by atoms with Crippen LogP contribution in [0.4, 0.5) is 0 Å². The molecule has 0 unspecified atom stereocenters. The largest absolute Gasteiger partial charge is 0.346 e. The lowest BCUT2D eigenvalue weighted by atomic mass is 10.1. The van der Waals surface area contributed by atoms with E-state index in [-0.39, 0.29) is 24.3 Å². The molecule has 2 amide bonds. The number of aromatic nitrogens is 8. The van der Waals surface area contributed by atoms with Gasteiger partial charge in [-0.25, -0.2) is 0 Å². The molecule has 0 aliphatic carbocycles. The molecule has 12 heteroatoms. The summed E-state index contributed by atoms with van der Waals surface area (Å²) < 4.78 is 3.22. The Morgan fingerprint density at radius 2 is 2.18 bits per heavy atom. The van der Waals surface area contributed by atoms with Crippen molar-refractivity contribution in [3.05, 3.63) is 35.5 Å². The Bertz CT molecular complexity index is 987. The van der Waals surface area contributed by atoms with Gasteiger partial charge in [0, 0.05) is 12.5 Å². The topological polar surface area (TPSA) is 140 Å². The first-order chi connectivity index (χ1) is 13.5. The predicted molar refractivity (Wildman–Crippen MR) is 95.0 cm³/mol. The maximum Gasteiger partial charge on any atom is 0.257 e. The molecule has 0 fully saturated rings. The molecule has 0 bridgehead atoms. The van der Waals surface area contributed by atoms with Crippen LogP contribution in [0.1, 0.15) is 35.6 Å². The lowest BCUT2D eigenvalue weighted by Gasteiger charge is -2.29. The van der Waals surface area contributed by atoms with Gasteiger partial charge in [0.05, 0.1) is 37.2 Å². The van der Waals surface area contributed by atoms with Crippen LogP contribution in [0.5, 0.6) is 0 Å². The summed E-state index contributed by atoms with van der Waals surface area (Å²) in [5.74, 6) is 0.172. The molecule has 146 valence electrons. The van der Waals surface area contributed by atoms with Crippen molar-refractivity contribution in [3.63, 3.8) is 0 Å². The number of nitrogens with one attached hydrogen (secondary N) is 2. The molecule has 1 aliphatic rings. The summed E-state index contributed by atoms with van der Waals surface area (Å²) in [7, 11) is 0. The lowest BCUT2D eigenvalue weighted by molar-refractivity contribution is -0.136. The van der Waals surface area contributed by atoms with Crippen LogP contribution in [0.25, 0.3) is 5.82 Å². The number of hydrogen-bond acceptors (Lipinski definition) is 7. The molecule has 12 nitrogen and oxygen atoms in total. The normalized spacial score (nSPS) is 13.6. The van der Waals surface area contributed by atoms with E-state index in [2.05, 4.69) is 36.1 Å². The Morgan fingerprint density at radius 3 is 2.93 bits per heavy atom. The zero-order chi connectivity index (χ0) is 19.7. The number of hydrogen-bond donors (Lipinski definition) is 2. The van der Waals surface area contributed by atoms with Crippen molar-refractivity contribution in [2.75, 3.05) is 6.54 Å². The van der Waals surface area contributed by atoms with Crippen LogP contribution in [0.15, 0.2) is 18.6 Å². The monoisotopic (exact) mass is 384 g/mol. The molecule has 4 rings (SSSR count). The van der Waals surface area contributed by atoms with Crippen molar-refractivity contribution in [2.24, 2.45) is 5.92 Å². The lowest BCUT2D eigenvalue weighted by Crippen LogP contribution is -2.40. The summed E-state index contributed by atoms with van der Waals surface area (Å²) in [6, 6.07) is 1.91. The van der Waals surface area contributed by atoms with Crippen molar-refractivity contribution >= 4 is 11.8 Å². The third kappa shape index (κ3) is 3.35. The summed E-state index contributed by atoms with van der Waals surface area (Å²) in [5.41, 5.74) is 2.02. The molecule has 0 atom stereocenters. The number of carbonyl (C=O) groups excluding carboxylic acids is 2. The smallest absolute Gasteiger partial charge is 0.257 e. The van der Waals surface area contributed by atoms with E-state index in [1.54, 1.807) is 0 Å². The number of aromatic amines is 1. The quantitative estimate of drug-likeness (QED) is 0.605. The first-order valence-electron chi connectivity index (χ1n) is 8.92. The average Bonchev–Trinajstić information content (AvgIpc) is 3.44. The third-order valence-electron chi connectivity index (χ3n) is 4.53. The molecule has 0 spiro atoms. The van der Waals surface area contributed by atoms with E-state index in [0.717, 1.165) is 11.4 Å². The van der Waals surface area contributed by atoms with Crippen LogP contribution < -0.4 is 5.32 Å². The first-order valence-corrected chi connectivity index (χ1v) is 8.92. The van der Waals surface area contributed by atoms with Gasteiger partial charge in [-0.1, -0.05) is 13.8 Å². The number of nitrogens with zero attached hydrogens (tertiary/aromatic N) is 8. The van der Waals surface area contributed by atoms with Crippen LogP contribution in [-0.4, -0.2) is 63.4 Å². The zero-order valence-electron chi connectivity index (χ0n) is 15.5. The Morgan fingerprint density at radius 1 is 1.32 bits per heavy atom. The van der Waals surface area contributed by atoms with Gasteiger partial charge >= 0.3 is 0 Å². The number of fused-ring (bicyclic) bond motifs is 1. The van der Waals surface area contributed by atoms with Gasteiger partial charge in [0.25, 0.3) is 5.91 Å². The SMILES string of the molecule is CC(C)C(=O)N1CCn2nc(CNC(=O)c3cn[nH]c3-n3cnnn3)cc2C1. The van der Waals surface area contributed by atoms with Crippen molar-refractivity contribution in [2.45, 2.75) is 33.5 Å². The van der Waals surface area contributed by atoms with Crippen LogP contribution in [-0.2, 0) is 24.4 Å². The van der Waals surface area contributed by atoms with E-state index in [1.165, 1.54) is 17.2 Å². The van der Waals surface area contributed by atoms with Gasteiger partial charge in [-0.2, -0.15) is 14.9 Å². The Balaban J connectivity index is 1.41. The molecule has 0 aromatic carbocycles. The standard InChI is InChI=1S/C16H20N10O2/c1-10(2)16(28)24-3-4-25-12(8-24)5-11(21-25)6-17-15(27)13-7-18-20-14(13)26-9-19-22-23-26/h5,7,9-10H,3-4,6,8H2,1-2H3,(H,17,27)(H,18,20). The number of rotatable bonds is 5. The van der Waals surface area contributed by atoms with E-state index in [4.69, 9.17) is 0 Å². The maximum absolute atomic E-state index is 12.5. The van der Waals surface area contributed by atoms with E-state index in [1.807, 2.05) is 29.5 Å². The number of H-pyrrole nitrogens is 1. The Labute approximate surface area is 159 Å². The summed E-state index contributed by atoms with van der Waals surface area (Å²) >= 11 is 0. The first kappa shape index (κ1) is 17.8. The molecule has 28 heavy (non-hydrogen) atoms. The van der Waals surface area contributed by atoms with Crippen molar-refractivity contribution in [3.8, 4) is 5.82 Å². The van der Waals surface area contributed by atoms with Crippen LogP contribution in [0.3, 0.4) is 0 Å². The minimum Gasteiger partial charge on any atom is -0.346 e. The van der Waals surface area contributed by atoms with Crippen molar-refractivity contribution < 1.29 is 9.59 Å². The summed E-state index contributed by atoms with van der Waals surface area (Å²) in [4.78, 5) is 26.6. The van der Waals surface area contributed by atoms with Gasteiger partial charge in [-0.15, -0.1) is 5.10 Å². The second-order valence-electron chi connectivity index (χ2n) is 6.83. The summed E-state index contributed by atoms with van der Waals surface area (Å²) in [6.07, 6.45) is 2.79. The highest BCUT2D eigenvalue weighted by molar-refractivity contribution is 5.96. The average molecular weight is 384 g/mol. The molecule has 4 heterocycles. The Kier molecular flexibility index (Phi) is 4.59. The van der Waals surface area contributed by atoms with Gasteiger partial charge in [0.15, 0.2) is 5.82 Å². The van der Waals surface area contributed by atoms with Crippen LogP contribution >= 0.6 is 0 Å². The van der Waals surface area contributed by atoms with Gasteiger partial charge in [0.2, 0.25) is 5.91 Å². The summed E-state index contributed by atoms with van der Waals surface area (Å²) in [6.45, 7) is 5.87. The molecule has 0 saturated heterocycles. The van der Waals surface area contributed by atoms with Gasteiger partial charge < -0.3 is 10.2 Å². The maximum atomic E-state index is 12.5. The fourth-order valence-electron chi connectivity index (χ4n) is 3.12. The molecular formula is C16H20N10O2. The summed E-state index contributed by atoms with van der Waals surface area (Å²) in [5, 5.41) is 24.8. The minimum absolute atomic E-state index is 0.0300. The molecule has 0 radical (unpaired) electrons. The van der Waals surface area contributed by atoms with Crippen molar-refractivity contribution in [1.29, 1.82) is 0 Å². The highest BCUT2D eigenvalue weighted by Gasteiger charge is 2.24. The molecule has 1 aliphatic heterocycles. The van der Waals surface area contributed by atoms with E-state index >= 15 is 0 Å². The Hall–Kier alpha value is -3.57. The van der Waals surface area contributed by atoms with Gasteiger partial charge in [-0.3, -0.25) is 19.4 Å². The van der Waals surface area contributed by atoms with E-state index in [0.29, 0.717) is 31.0 Å². The fourth-order valence-corrected chi connectivity index (χ4v) is 3.12. The van der Waals surface area contributed by atoms with E-state index in [9.17, 15) is 9.59 Å². The molecule has 0 saturated carbocycles. The van der Waals surface area contributed by atoms with Gasteiger partial charge in [0.1, 0.15) is 11.9 Å². The third-order valence-corrected chi connectivity index (χ3v) is 4.53. The van der Waals surface area contributed by atoms with Gasteiger partial charge in [-0.05, 0) is 16.5 Å². The molecule has 3 aromatic heterocycles. The highest BCUT2D eigenvalue weighted by Crippen LogP contribution is 2.16. The van der Waals surface area contributed by atoms with Crippen LogP contribution in [0.2, 0.25) is 0 Å². The minimum atomic E-state index is -0.318. The van der Waals surface area contributed by atoms with E-state index < -0.39 is 0 Å². The van der Waals surface area contributed by atoms with Crippen LogP contribution in [0, 0.1) is 5.92 Å². The number of amides is 2. The zero-order valence-corrected chi connectivity index (χ0v) is 15.5. The molecular weight excluding hydrogens is 364 g/mol. The predicted octanol–water partition coefficient (Wildman–Crippen LogP) is -0.490. The highest BCUT2D eigenvalue weighted by atomic mass is 16.2.